The summed E-state index contributed by atoms with van der Waals surface area (Å²) in [5.41, 5.74) is 6.20. The molecule has 0 fully saturated rings. The minimum Gasteiger partial charge on any atom is -0.488 e. The summed E-state index contributed by atoms with van der Waals surface area (Å²) in [5.74, 6) is -0.744. The fraction of sp³-hybridized carbons (Fsp3) is 0.143. The van der Waals surface area contributed by atoms with Gasteiger partial charge in [0.05, 0.1) is 9.50 Å². The van der Waals surface area contributed by atoms with E-state index < -0.39 is 11.6 Å². The molecule has 6 heteroatoms. The standard InChI is InChI=1S/C14H11BrClF2NO/c15-10-4-11(16)12(17)5-13(10)20-7-9-3-1-2-8(6-19)14(9)18/h1-5H,6-7,19H2. The Bertz CT molecular complexity index is 637. The Kier molecular flexibility index (Phi) is 4.96. The lowest BCUT2D eigenvalue weighted by Crippen LogP contribution is -2.05. The van der Waals surface area contributed by atoms with E-state index in [2.05, 4.69) is 15.9 Å². The zero-order valence-electron chi connectivity index (χ0n) is 10.3. The molecule has 0 saturated carbocycles. The molecule has 0 unspecified atom stereocenters. The Morgan fingerprint density at radius 1 is 1.20 bits per heavy atom. The van der Waals surface area contributed by atoms with Gasteiger partial charge in [-0.05, 0) is 22.0 Å². The summed E-state index contributed by atoms with van der Waals surface area (Å²) in [4.78, 5) is 0. The fourth-order valence-corrected chi connectivity index (χ4v) is 2.43. The van der Waals surface area contributed by atoms with Crippen LogP contribution in [0, 0.1) is 11.6 Å². The van der Waals surface area contributed by atoms with Crippen molar-refractivity contribution < 1.29 is 13.5 Å². The van der Waals surface area contributed by atoms with E-state index in [-0.39, 0.29) is 23.9 Å². The SMILES string of the molecule is NCc1cccc(COc2cc(F)c(Cl)cc2Br)c1F. The number of benzene rings is 2. The third kappa shape index (κ3) is 3.29. The van der Waals surface area contributed by atoms with Crippen LogP contribution in [-0.4, -0.2) is 0 Å². The van der Waals surface area contributed by atoms with E-state index in [0.29, 0.717) is 15.6 Å². The summed E-state index contributed by atoms with van der Waals surface area (Å²) in [5, 5.41) is -0.0134. The van der Waals surface area contributed by atoms with E-state index in [0.717, 1.165) is 6.07 Å². The van der Waals surface area contributed by atoms with Crippen molar-refractivity contribution in [1.29, 1.82) is 0 Å². The second-order valence-electron chi connectivity index (χ2n) is 4.08. The molecule has 2 aromatic rings. The number of nitrogens with two attached hydrogens (primary N) is 1. The van der Waals surface area contributed by atoms with Gasteiger partial charge in [0.1, 0.15) is 24.0 Å². The van der Waals surface area contributed by atoms with Crippen LogP contribution in [0.15, 0.2) is 34.8 Å². The number of hydrogen-bond acceptors (Lipinski definition) is 2. The maximum absolute atomic E-state index is 14.0. The molecule has 0 aromatic heterocycles. The zero-order valence-corrected chi connectivity index (χ0v) is 12.6. The Hall–Kier alpha value is -1.17. The highest BCUT2D eigenvalue weighted by Gasteiger charge is 2.11. The van der Waals surface area contributed by atoms with E-state index in [9.17, 15) is 8.78 Å². The minimum absolute atomic E-state index is 0.0134. The van der Waals surface area contributed by atoms with Crippen LogP contribution in [-0.2, 0) is 13.2 Å². The van der Waals surface area contributed by atoms with Crippen LogP contribution in [0.1, 0.15) is 11.1 Å². The Morgan fingerprint density at radius 3 is 2.60 bits per heavy atom. The van der Waals surface area contributed by atoms with Gasteiger partial charge in [0.15, 0.2) is 0 Å². The van der Waals surface area contributed by atoms with Crippen molar-refractivity contribution in [1.82, 2.24) is 0 Å². The monoisotopic (exact) mass is 361 g/mol. The molecule has 0 saturated heterocycles. The average Bonchev–Trinajstić information content (AvgIpc) is 2.43. The summed E-state index contributed by atoms with van der Waals surface area (Å²) in [6.07, 6.45) is 0. The van der Waals surface area contributed by atoms with Crippen LogP contribution in [0.3, 0.4) is 0 Å². The largest absolute Gasteiger partial charge is 0.488 e. The lowest BCUT2D eigenvalue weighted by Gasteiger charge is -2.11. The van der Waals surface area contributed by atoms with Crippen LogP contribution < -0.4 is 10.5 Å². The van der Waals surface area contributed by atoms with Crippen LogP contribution in [0.5, 0.6) is 5.75 Å². The Labute approximate surface area is 128 Å². The smallest absolute Gasteiger partial charge is 0.145 e. The first kappa shape index (κ1) is 15.2. The maximum Gasteiger partial charge on any atom is 0.145 e. The molecular weight excluding hydrogens is 352 g/mol. The van der Waals surface area contributed by atoms with Crippen LogP contribution in [0.4, 0.5) is 8.78 Å². The molecule has 0 atom stereocenters. The molecule has 0 radical (unpaired) electrons. The first-order chi connectivity index (χ1) is 9.52. The van der Waals surface area contributed by atoms with E-state index in [1.165, 1.54) is 6.07 Å². The normalized spacial score (nSPS) is 10.7. The van der Waals surface area contributed by atoms with E-state index in [1.807, 2.05) is 0 Å². The van der Waals surface area contributed by atoms with Gasteiger partial charge in [0.2, 0.25) is 0 Å². The van der Waals surface area contributed by atoms with Gasteiger partial charge in [-0.1, -0.05) is 29.8 Å². The van der Waals surface area contributed by atoms with Crippen LogP contribution in [0.2, 0.25) is 5.02 Å². The summed E-state index contributed by atoms with van der Waals surface area (Å²) < 4.78 is 33.2. The van der Waals surface area contributed by atoms with Crippen molar-refractivity contribution >= 4 is 27.5 Å². The van der Waals surface area contributed by atoms with Crippen molar-refractivity contribution in [3.05, 3.63) is 62.6 Å². The number of hydrogen-bond donors (Lipinski definition) is 1. The van der Waals surface area contributed by atoms with Crippen LogP contribution in [0.25, 0.3) is 0 Å². The van der Waals surface area contributed by atoms with Crippen LogP contribution >= 0.6 is 27.5 Å². The van der Waals surface area contributed by atoms with Gasteiger partial charge in [-0.3, -0.25) is 0 Å². The molecule has 0 heterocycles. The Balaban J connectivity index is 2.19. The molecule has 2 aromatic carbocycles. The molecule has 0 aliphatic carbocycles. The van der Waals surface area contributed by atoms with Crippen molar-refractivity contribution in [3.8, 4) is 5.75 Å². The number of rotatable bonds is 4. The molecule has 20 heavy (non-hydrogen) atoms. The van der Waals surface area contributed by atoms with Crippen molar-refractivity contribution in [2.75, 3.05) is 0 Å². The van der Waals surface area contributed by atoms with Crippen molar-refractivity contribution in [2.45, 2.75) is 13.2 Å². The third-order valence-electron chi connectivity index (χ3n) is 2.74. The van der Waals surface area contributed by atoms with Gasteiger partial charge in [-0.15, -0.1) is 0 Å². The second-order valence-corrected chi connectivity index (χ2v) is 5.34. The highest BCUT2D eigenvalue weighted by molar-refractivity contribution is 9.10. The second kappa shape index (κ2) is 6.52. The molecule has 0 spiro atoms. The van der Waals surface area contributed by atoms with Gasteiger partial charge < -0.3 is 10.5 Å². The van der Waals surface area contributed by atoms with Gasteiger partial charge in [0, 0.05) is 23.7 Å². The van der Waals surface area contributed by atoms with Crippen molar-refractivity contribution in [3.63, 3.8) is 0 Å². The predicted octanol–water partition coefficient (Wildman–Crippen LogP) is 4.42. The molecule has 0 aliphatic rings. The highest BCUT2D eigenvalue weighted by Crippen LogP contribution is 2.31. The quantitative estimate of drug-likeness (QED) is 0.817. The summed E-state index contributed by atoms with van der Waals surface area (Å²) in [6, 6.07) is 7.43. The predicted molar refractivity (Wildman–Crippen MR) is 77.7 cm³/mol. The molecule has 0 aliphatic heterocycles. The summed E-state index contributed by atoms with van der Waals surface area (Å²) in [6.45, 7) is 0.0816. The molecule has 106 valence electrons. The third-order valence-corrected chi connectivity index (χ3v) is 3.65. The highest BCUT2D eigenvalue weighted by atomic mass is 79.9. The maximum atomic E-state index is 14.0. The van der Waals surface area contributed by atoms with E-state index in [1.54, 1.807) is 18.2 Å². The molecule has 2 nitrogen and oxygen atoms in total. The molecule has 0 bridgehead atoms. The van der Waals surface area contributed by atoms with Gasteiger partial charge in [-0.2, -0.15) is 0 Å². The minimum atomic E-state index is -0.596. The first-order valence-corrected chi connectivity index (χ1v) is 6.93. The molecule has 0 amide bonds. The summed E-state index contributed by atoms with van der Waals surface area (Å²) in [7, 11) is 0. The lowest BCUT2D eigenvalue weighted by molar-refractivity contribution is 0.296. The molecule has 2 N–H and O–H groups in total. The average molecular weight is 363 g/mol. The zero-order chi connectivity index (χ0) is 14.7. The van der Waals surface area contributed by atoms with Crippen molar-refractivity contribution in [2.24, 2.45) is 5.73 Å². The fourth-order valence-electron chi connectivity index (χ4n) is 1.67. The van der Waals surface area contributed by atoms with E-state index in [4.69, 9.17) is 22.1 Å². The Morgan fingerprint density at radius 2 is 1.90 bits per heavy atom. The van der Waals surface area contributed by atoms with Gasteiger partial charge >= 0.3 is 0 Å². The number of halogens is 4. The van der Waals surface area contributed by atoms with Gasteiger partial charge in [-0.25, -0.2) is 8.78 Å². The first-order valence-electron chi connectivity index (χ1n) is 5.76. The topological polar surface area (TPSA) is 35.2 Å². The number of ether oxygens (including phenoxy) is 1. The molecule has 2 rings (SSSR count). The van der Waals surface area contributed by atoms with Gasteiger partial charge in [0.25, 0.3) is 0 Å². The lowest BCUT2D eigenvalue weighted by atomic mass is 10.1. The summed E-state index contributed by atoms with van der Waals surface area (Å²) >= 11 is 8.85. The molecular formula is C14H11BrClF2NO. The van der Waals surface area contributed by atoms with E-state index >= 15 is 0 Å².